The molecule has 5 rings (SSSR count). The van der Waals surface area contributed by atoms with Gasteiger partial charge in [-0.2, -0.15) is 5.10 Å². The second-order valence-electron chi connectivity index (χ2n) is 8.16. The predicted octanol–water partition coefficient (Wildman–Crippen LogP) is 7.19. The van der Waals surface area contributed by atoms with E-state index in [0.717, 1.165) is 34.8 Å². The molecule has 0 bridgehead atoms. The highest BCUT2D eigenvalue weighted by atomic mass is 16.5. The van der Waals surface area contributed by atoms with Crippen LogP contribution in [0.1, 0.15) is 36.1 Å². The van der Waals surface area contributed by atoms with Gasteiger partial charge in [-0.1, -0.05) is 72.8 Å². The minimum atomic E-state index is 0.166. The van der Waals surface area contributed by atoms with Gasteiger partial charge in [0.25, 0.3) is 0 Å². The molecule has 0 fully saturated rings. The fraction of sp³-hybridized carbons (Fsp3) is 0.133. The Morgan fingerprint density at radius 1 is 0.853 bits per heavy atom. The fourth-order valence-corrected chi connectivity index (χ4v) is 4.15. The molecule has 0 unspecified atom stereocenters. The summed E-state index contributed by atoms with van der Waals surface area (Å²) in [6, 6.07) is 37.4. The molecule has 4 aromatic rings. The SMILES string of the molecule is CCOc1ccc(N=Cc2ccc(N3N=C(c4ccccc4)C[C@@H]3c3ccccc3)cc2)cc1. The molecule has 4 nitrogen and oxygen atoms in total. The van der Waals surface area contributed by atoms with Crippen molar-refractivity contribution in [2.24, 2.45) is 10.1 Å². The van der Waals surface area contributed by atoms with Crippen molar-refractivity contribution in [3.8, 4) is 5.75 Å². The van der Waals surface area contributed by atoms with Crippen LogP contribution in [0.4, 0.5) is 11.4 Å². The van der Waals surface area contributed by atoms with Crippen molar-refractivity contribution in [2.45, 2.75) is 19.4 Å². The Kier molecular flexibility index (Phi) is 6.48. The molecule has 0 saturated carbocycles. The van der Waals surface area contributed by atoms with Gasteiger partial charge >= 0.3 is 0 Å². The van der Waals surface area contributed by atoms with Crippen LogP contribution in [0.2, 0.25) is 0 Å². The summed E-state index contributed by atoms with van der Waals surface area (Å²) in [6.45, 7) is 2.64. The van der Waals surface area contributed by atoms with E-state index < -0.39 is 0 Å². The van der Waals surface area contributed by atoms with Crippen LogP contribution < -0.4 is 9.75 Å². The maximum atomic E-state index is 5.49. The standard InChI is InChI=1S/C30H27N3O/c1-2-34-28-19-15-26(16-20-28)31-22-23-13-17-27(18-14-23)33-30(25-11-7-4-8-12-25)21-29(32-33)24-9-5-3-6-10-24/h3-20,22,30H,2,21H2,1H3/t30-/m1/s1. The lowest BCUT2D eigenvalue weighted by Crippen LogP contribution is -2.18. The quantitative estimate of drug-likeness (QED) is 0.282. The van der Waals surface area contributed by atoms with Gasteiger partial charge in [0.15, 0.2) is 0 Å². The normalized spacial score (nSPS) is 15.5. The second kappa shape index (κ2) is 10.2. The van der Waals surface area contributed by atoms with Gasteiger partial charge in [-0.15, -0.1) is 0 Å². The molecule has 1 aliphatic heterocycles. The van der Waals surface area contributed by atoms with Crippen molar-refractivity contribution in [1.29, 1.82) is 0 Å². The number of hydrogen-bond donors (Lipinski definition) is 0. The van der Waals surface area contributed by atoms with Crippen molar-refractivity contribution in [2.75, 3.05) is 11.6 Å². The second-order valence-corrected chi connectivity index (χ2v) is 8.16. The third-order valence-electron chi connectivity index (χ3n) is 5.87. The van der Waals surface area contributed by atoms with E-state index in [-0.39, 0.29) is 6.04 Å². The summed E-state index contributed by atoms with van der Waals surface area (Å²) in [7, 11) is 0. The van der Waals surface area contributed by atoms with E-state index in [9.17, 15) is 0 Å². The number of benzene rings is 4. The summed E-state index contributed by atoms with van der Waals surface area (Å²) in [5.41, 5.74) is 6.55. The van der Waals surface area contributed by atoms with E-state index in [4.69, 9.17) is 9.84 Å². The van der Waals surface area contributed by atoms with Gasteiger partial charge in [0.2, 0.25) is 0 Å². The van der Waals surface area contributed by atoms with Crippen LogP contribution in [0.25, 0.3) is 0 Å². The number of hydrogen-bond acceptors (Lipinski definition) is 4. The zero-order valence-electron chi connectivity index (χ0n) is 19.2. The van der Waals surface area contributed by atoms with E-state index in [1.54, 1.807) is 0 Å². The zero-order chi connectivity index (χ0) is 23.2. The molecular formula is C30H27N3O. The maximum absolute atomic E-state index is 5.49. The van der Waals surface area contributed by atoms with Crippen molar-refractivity contribution < 1.29 is 4.74 Å². The number of aliphatic imine (C=N–C) groups is 1. The van der Waals surface area contributed by atoms with Crippen molar-refractivity contribution in [3.05, 3.63) is 126 Å². The highest BCUT2D eigenvalue weighted by Crippen LogP contribution is 2.36. The third kappa shape index (κ3) is 4.91. The molecule has 0 N–H and O–H groups in total. The minimum absolute atomic E-state index is 0.166. The largest absolute Gasteiger partial charge is 0.494 e. The van der Waals surface area contributed by atoms with E-state index >= 15 is 0 Å². The Bertz CT molecular complexity index is 1260. The van der Waals surface area contributed by atoms with E-state index in [2.05, 4.69) is 88.9 Å². The summed E-state index contributed by atoms with van der Waals surface area (Å²) in [6.07, 6.45) is 2.76. The Labute approximate surface area is 200 Å². The first kappa shape index (κ1) is 21.7. The number of ether oxygens (including phenoxy) is 1. The van der Waals surface area contributed by atoms with Gasteiger partial charge in [-0.25, -0.2) is 0 Å². The van der Waals surface area contributed by atoms with Crippen LogP contribution in [-0.4, -0.2) is 18.5 Å². The van der Waals surface area contributed by atoms with E-state index in [0.29, 0.717) is 6.61 Å². The molecule has 0 aliphatic carbocycles. The Morgan fingerprint density at radius 2 is 1.53 bits per heavy atom. The topological polar surface area (TPSA) is 37.2 Å². The molecule has 0 radical (unpaired) electrons. The third-order valence-corrected chi connectivity index (χ3v) is 5.87. The molecule has 0 saturated heterocycles. The molecule has 0 spiro atoms. The number of anilines is 1. The molecule has 1 atom stereocenters. The van der Waals surface area contributed by atoms with E-state index in [1.165, 1.54) is 11.1 Å². The summed E-state index contributed by atoms with van der Waals surface area (Å²) in [5, 5.41) is 7.18. The molecule has 168 valence electrons. The van der Waals surface area contributed by atoms with Gasteiger partial charge < -0.3 is 4.74 Å². The summed E-state index contributed by atoms with van der Waals surface area (Å²) < 4.78 is 5.49. The smallest absolute Gasteiger partial charge is 0.119 e. The minimum Gasteiger partial charge on any atom is -0.494 e. The van der Waals surface area contributed by atoms with E-state index in [1.807, 2.05) is 43.5 Å². The average molecular weight is 446 g/mol. The van der Waals surface area contributed by atoms with Crippen LogP contribution in [0, 0.1) is 0 Å². The van der Waals surface area contributed by atoms with Gasteiger partial charge in [0.05, 0.1) is 29.7 Å². The Morgan fingerprint density at radius 3 is 2.21 bits per heavy atom. The van der Waals surface area contributed by atoms with Gasteiger partial charge in [0.1, 0.15) is 5.75 Å². The zero-order valence-corrected chi connectivity index (χ0v) is 19.2. The lowest BCUT2D eigenvalue weighted by atomic mass is 9.98. The summed E-state index contributed by atoms with van der Waals surface area (Å²) >= 11 is 0. The number of nitrogens with zero attached hydrogens (tertiary/aromatic N) is 3. The van der Waals surface area contributed by atoms with Crippen molar-refractivity contribution in [1.82, 2.24) is 0 Å². The molecule has 1 aliphatic rings. The first-order valence-corrected chi connectivity index (χ1v) is 11.6. The monoisotopic (exact) mass is 445 g/mol. The number of rotatable bonds is 7. The number of hydrazone groups is 1. The van der Waals surface area contributed by atoms with Crippen LogP contribution >= 0.6 is 0 Å². The Balaban J connectivity index is 1.38. The predicted molar refractivity (Wildman–Crippen MR) is 141 cm³/mol. The first-order valence-electron chi connectivity index (χ1n) is 11.6. The van der Waals surface area contributed by atoms with Crippen LogP contribution in [-0.2, 0) is 0 Å². The molecule has 4 aromatic carbocycles. The molecule has 4 heteroatoms. The molecule has 0 amide bonds. The fourth-order valence-electron chi connectivity index (χ4n) is 4.15. The van der Waals surface area contributed by atoms with Gasteiger partial charge in [-0.3, -0.25) is 10.0 Å². The van der Waals surface area contributed by atoms with Crippen LogP contribution in [0.5, 0.6) is 5.75 Å². The summed E-state index contributed by atoms with van der Waals surface area (Å²) in [5.74, 6) is 0.861. The van der Waals surface area contributed by atoms with Crippen LogP contribution in [0.3, 0.4) is 0 Å². The Hall–Kier alpha value is -4.18. The van der Waals surface area contributed by atoms with Gasteiger partial charge in [-0.05, 0) is 60.0 Å². The van der Waals surface area contributed by atoms with Gasteiger partial charge in [0, 0.05) is 12.6 Å². The molecule has 1 heterocycles. The van der Waals surface area contributed by atoms with Crippen molar-refractivity contribution in [3.63, 3.8) is 0 Å². The maximum Gasteiger partial charge on any atom is 0.119 e. The molecule has 34 heavy (non-hydrogen) atoms. The van der Waals surface area contributed by atoms with Crippen molar-refractivity contribution >= 4 is 23.3 Å². The average Bonchev–Trinajstić information content (AvgIpc) is 3.35. The van der Waals surface area contributed by atoms with Crippen LogP contribution in [0.15, 0.2) is 119 Å². The summed E-state index contributed by atoms with van der Waals surface area (Å²) in [4.78, 5) is 4.60. The first-order chi connectivity index (χ1) is 16.8. The highest BCUT2D eigenvalue weighted by molar-refractivity contribution is 6.03. The molecular weight excluding hydrogens is 418 g/mol. The molecule has 0 aromatic heterocycles. The lowest BCUT2D eigenvalue weighted by Gasteiger charge is -2.24. The highest BCUT2D eigenvalue weighted by Gasteiger charge is 2.29. The lowest BCUT2D eigenvalue weighted by molar-refractivity contribution is 0.340.